The molecule has 0 amide bonds. The molecule has 1 nitrogen and oxygen atoms in total. The molecule has 0 aromatic heterocycles. The van der Waals surface area contributed by atoms with E-state index < -0.39 is 0 Å². The van der Waals surface area contributed by atoms with E-state index in [9.17, 15) is 0 Å². The predicted octanol–water partition coefficient (Wildman–Crippen LogP) is 5.20. The van der Waals surface area contributed by atoms with Gasteiger partial charge in [-0.05, 0) is 36.0 Å². The van der Waals surface area contributed by atoms with Gasteiger partial charge in [0.25, 0.3) is 0 Å². The van der Waals surface area contributed by atoms with Crippen LogP contribution in [0.15, 0.2) is 90.1 Å². The molecule has 0 radical (unpaired) electrons. The van der Waals surface area contributed by atoms with Gasteiger partial charge in [-0.2, -0.15) is 0 Å². The number of benzene rings is 2. The Morgan fingerprint density at radius 1 is 0.909 bits per heavy atom. The molecule has 1 heterocycles. The van der Waals surface area contributed by atoms with Gasteiger partial charge in [0, 0.05) is 12.1 Å². The molecule has 0 aliphatic carbocycles. The summed E-state index contributed by atoms with van der Waals surface area (Å²) in [7, 11) is 0. The molecule has 0 spiro atoms. The van der Waals surface area contributed by atoms with Crippen LogP contribution < -0.4 is 0 Å². The molecule has 1 aliphatic heterocycles. The minimum Gasteiger partial charge on any atom is -0.260 e. The third-order valence-electron chi connectivity index (χ3n) is 4.16. The third kappa shape index (κ3) is 3.25. The topological polar surface area (TPSA) is 12.4 Å². The highest BCUT2D eigenvalue weighted by molar-refractivity contribution is 6.05. The average molecular weight is 287 g/mol. The van der Waals surface area contributed by atoms with E-state index in [1.807, 2.05) is 12.1 Å². The van der Waals surface area contributed by atoms with Crippen molar-refractivity contribution < 1.29 is 0 Å². The highest BCUT2D eigenvalue weighted by Gasteiger charge is 2.24. The Hall–Kier alpha value is -2.41. The lowest BCUT2D eigenvalue weighted by Gasteiger charge is -2.16. The number of rotatable bonds is 6. The summed E-state index contributed by atoms with van der Waals surface area (Å²) in [5.41, 5.74) is 5.21. The van der Waals surface area contributed by atoms with Gasteiger partial charge in [0.05, 0.1) is 5.71 Å². The van der Waals surface area contributed by atoms with E-state index in [1.54, 1.807) is 0 Å². The van der Waals surface area contributed by atoms with E-state index in [0.717, 1.165) is 19.3 Å². The maximum atomic E-state index is 4.71. The van der Waals surface area contributed by atoms with Crippen LogP contribution in [-0.4, -0.2) is 5.71 Å². The predicted molar refractivity (Wildman–Crippen MR) is 94.1 cm³/mol. The quantitative estimate of drug-likeness (QED) is 0.648. The molecule has 0 saturated heterocycles. The number of hydrogen-bond acceptors (Lipinski definition) is 1. The number of nitrogens with zero attached hydrogens (tertiary/aromatic N) is 1. The van der Waals surface area contributed by atoms with Crippen LogP contribution in [0.5, 0.6) is 0 Å². The molecule has 1 heteroatoms. The van der Waals surface area contributed by atoms with E-state index in [-0.39, 0.29) is 0 Å². The second-order valence-corrected chi connectivity index (χ2v) is 5.65. The first kappa shape index (κ1) is 14.5. The molecule has 0 fully saturated rings. The van der Waals surface area contributed by atoms with Gasteiger partial charge in [0.1, 0.15) is 0 Å². The van der Waals surface area contributed by atoms with Crippen LogP contribution in [-0.2, 0) is 6.42 Å². The highest BCUT2D eigenvalue weighted by atomic mass is 14.8. The third-order valence-corrected chi connectivity index (χ3v) is 4.16. The minimum atomic E-state index is 0.378. The Labute approximate surface area is 132 Å². The molecular weight excluding hydrogens is 266 g/mol. The molecule has 22 heavy (non-hydrogen) atoms. The van der Waals surface area contributed by atoms with Gasteiger partial charge in [0.15, 0.2) is 0 Å². The lowest BCUT2D eigenvalue weighted by atomic mass is 9.86. The number of aliphatic imine (C=N–C) groups is 1. The molecule has 1 unspecified atom stereocenters. The summed E-state index contributed by atoms with van der Waals surface area (Å²) in [5.74, 6) is 0.378. The fourth-order valence-corrected chi connectivity index (χ4v) is 2.99. The fourth-order valence-electron chi connectivity index (χ4n) is 2.99. The van der Waals surface area contributed by atoms with E-state index >= 15 is 0 Å². The molecule has 0 N–H and O–H groups in total. The van der Waals surface area contributed by atoms with Crippen molar-refractivity contribution in [3.05, 3.63) is 96.2 Å². The fraction of sp³-hybridized carbons (Fsp3) is 0.190. The largest absolute Gasteiger partial charge is 0.260 e. The molecule has 1 aliphatic rings. The monoisotopic (exact) mass is 287 g/mol. The summed E-state index contributed by atoms with van der Waals surface area (Å²) < 4.78 is 0. The molecule has 2 aromatic rings. The van der Waals surface area contributed by atoms with Crippen molar-refractivity contribution in [1.82, 2.24) is 0 Å². The molecule has 110 valence electrons. The molecule has 2 aromatic carbocycles. The summed E-state index contributed by atoms with van der Waals surface area (Å²) in [5, 5.41) is 0. The van der Waals surface area contributed by atoms with Crippen molar-refractivity contribution in [2.45, 2.75) is 19.3 Å². The second-order valence-electron chi connectivity index (χ2n) is 5.65. The van der Waals surface area contributed by atoms with Crippen LogP contribution in [0.1, 0.15) is 24.0 Å². The van der Waals surface area contributed by atoms with Gasteiger partial charge in [0.2, 0.25) is 0 Å². The highest BCUT2D eigenvalue weighted by Crippen LogP contribution is 2.30. The lowest BCUT2D eigenvalue weighted by Crippen LogP contribution is -2.14. The zero-order valence-corrected chi connectivity index (χ0v) is 12.8. The van der Waals surface area contributed by atoms with Crippen molar-refractivity contribution in [1.29, 1.82) is 0 Å². The van der Waals surface area contributed by atoms with Crippen LogP contribution in [0.25, 0.3) is 0 Å². The van der Waals surface area contributed by atoms with Crippen LogP contribution in [0.4, 0.5) is 0 Å². The average Bonchev–Trinajstić information content (AvgIpc) is 2.98. The zero-order chi connectivity index (χ0) is 15.2. The van der Waals surface area contributed by atoms with Crippen molar-refractivity contribution in [2.24, 2.45) is 10.9 Å². The molecular formula is C21H21N. The Bertz CT molecular complexity index is 680. The van der Waals surface area contributed by atoms with Gasteiger partial charge in [-0.1, -0.05) is 66.7 Å². The van der Waals surface area contributed by atoms with Crippen LogP contribution in [0.3, 0.4) is 0 Å². The SMILES string of the molecule is C=CCC1C(CCc2ccccc2)=CN=C1c1ccccc1. The van der Waals surface area contributed by atoms with Gasteiger partial charge >= 0.3 is 0 Å². The molecule has 3 rings (SSSR count). The van der Waals surface area contributed by atoms with Gasteiger partial charge in [-0.3, -0.25) is 4.99 Å². The normalized spacial score (nSPS) is 17.0. The number of hydrogen-bond donors (Lipinski definition) is 0. The summed E-state index contributed by atoms with van der Waals surface area (Å²) in [6.07, 6.45) is 7.15. The van der Waals surface area contributed by atoms with Gasteiger partial charge in [-0.15, -0.1) is 6.58 Å². The van der Waals surface area contributed by atoms with Gasteiger partial charge < -0.3 is 0 Å². The van der Waals surface area contributed by atoms with Crippen molar-refractivity contribution in [2.75, 3.05) is 0 Å². The minimum absolute atomic E-state index is 0.378. The summed E-state index contributed by atoms with van der Waals surface area (Å²) >= 11 is 0. The maximum absolute atomic E-state index is 4.71. The Balaban J connectivity index is 1.72. The summed E-state index contributed by atoms with van der Waals surface area (Å²) in [6, 6.07) is 21.1. The van der Waals surface area contributed by atoms with Gasteiger partial charge in [-0.25, -0.2) is 0 Å². The van der Waals surface area contributed by atoms with Crippen molar-refractivity contribution >= 4 is 5.71 Å². The maximum Gasteiger partial charge on any atom is 0.0550 e. The second kappa shape index (κ2) is 7.04. The smallest absolute Gasteiger partial charge is 0.0550 e. The van der Waals surface area contributed by atoms with E-state index in [2.05, 4.69) is 67.4 Å². The van der Waals surface area contributed by atoms with E-state index in [4.69, 9.17) is 4.99 Å². The first-order valence-corrected chi connectivity index (χ1v) is 7.85. The zero-order valence-electron chi connectivity index (χ0n) is 12.8. The molecule has 0 saturated carbocycles. The lowest BCUT2D eigenvalue weighted by molar-refractivity contribution is 0.765. The standard InChI is InChI=1S/C21H21N/c1-2-9-20-19(15-14-17-10-5-3-6-11-17)16-22-21(20)18-12-7-4-8-13-18/h2-8,10-13,16,20H,1,9,14-15H2. The first-order chi connectivity index (χ1) is 10.9. The number of aryl methyl sites for hydroxylation is 1. The van der Waals surface area contributed by atoms with Crippen molar-refractivity contribution in [3.8, 4) is 0 Å². The van der Waals surface area contributed by atoms with E-state index in [0.29, 0.717) is 5.92 Å². The molecule has 1 atom stereocenters. The summed E-state index contributed by atoms with van der Waals surface area (Å²) in [6.45, 7) is 3.92. The Morgan fingerprint density at radius 2 is 1.59 bits per heavy atom. The van der Waals surface area contributed by atoms with Crippen LogP contribution >= 0.6 is 0 Å². The summed E-state index contributed by atoms with van der Waals surface area (Å²) in [4.78, 5) is 4.71. The Kier molecular flexibility index (Phi) is 4.65. The molecule has 0 bridgehead atoms. The first-order valence-electron chi connectivity index (χ1n) is 7.85. The van der Waals surface area contributed by atoms with Crippen LogP contribution in [0, 0.1) is 5.92 Å². The van der Waals surface area contributed by atoms with Crippen molar-refractivity contribution in [3.63, 3.8) is 0 Å². The number of allylic oxidation sites excluding steroid dienone is 2. The van der Waals surface area contributed by atoms with E-state index in [1.165, 1.54) is 22.4 Å². The Morgan fingerprint density at radius 3 is 2.27 bits per heavy atom. The van der Waals surface area contributed by atoms with Crippen LogP contribution in [0.2, 0.25) is 0 Å².